The van der Waals surface area contributed by atoms with Crippen molar-refractivity contribution < 1.29 is 168 Å². The molecule has 0 aromatic carbocycles. The van der Waals surface area contributed by atoms with E-state index in [9.17, 15) is 121 Å². The fraction of sp³-hybridized carbons (Fsp3) is 0.897. The van der Waals surface area contributed by atoms with Crippen LogP contribution in [0.25, 0.3) is 0 Å². The van der Waals surface area contributed by atoms with Gasteiger partial charge >= 0.3 is 0 Å². The zero-order chi connectivity index (χ0) is 85.8. The minimum absolute atomic E-state index is 0. The van der Waals surface area contributed by atoms with Gasteiger partial charge in [0.2, 0.25) is 35.2 Å². The Bertz CT molecular complexity index is 2870. The minimum atomic E-state index is -3.71. The van der Waals surface area contributed by atoms with Crippen LogP contribution in [0, 0.1) is 0 Å². The molecule has 5 heterocycles. The monoisotopic (exact) mass is 1710 g/mol. The molecule has 690 valence electrons. The third kappa shape index (κ3) is 32.5. The summed E-state index contributed by atoms with van der Waals surface area (Å²) in [5.41, 5.74) is 0. The maximum atomic E-state index is 14.1. The summed E-state index contributed by atoms with van der Waals surface area (Å²) in [4.78, 5) is 78.8. The van der Waals surface area contributed by atoms with E-state index in [0.29, 0.717) is 12.8 Å². The van der Waals surface area contributed by atoms with Gasteiger partial charge in [-0.05, 0) is 19.3 Å². The number of ether oxygens (including phenoxy) is 10. The van der Waals surface area contributed by atoms with Gasteiger partial charge in [0.15, 0.2) is 18.9 Å². The number of carbonyl (C=O) groups excluding carboxylic acids is 6. The zero-order valence-electron chi connectivity index (χ0n) is 69.7. The van der Waals surface area contributed by atoms with Gasteiger partial charge in [0.25, 0.3) is 0 Å². The van der Waals surface area contributed by atoms with Crippen molar-refractivity contribution in [3.63, 3.8) is 0 Å². The van der Waals surface area contributed by atoms with Crippen LogP contribution in [0.3, 0.4) is 0 Å². The van der Waals surface area contributed by atoms with E-state index in [2.05, 4.69) is 35.1 Å². The van der Waals surface area contributed by atoms with Crippen molar-refractivity contribution in [1.29, 1.82) is 0 Å². The highest BCUT2D eigenvalue weighted by molar-refractivity contribution is 5.77. The van der Waals surface area contributed by atoms with Crippen molar-refractivity contribution in [3.05, 3.63) is 12.2 Å². The Morgan fingerprint density at radius 3 is 1.36 bits per heavy atom. The fourth-order valence-electron chi connectivity index (χ4n) is 15.4. The molecule has 0 saturated carbocycles. The van der Waals surface area contributed by atoms with E-state index in [1.54, 1.807) is 6.08 Å². The van der Waals surface area contributed by atoms with Crippen molar-refractivity contribution in [3.8, 4) is 0 Å². The number of carbonyl (C=O) groups is 6. The van der Waals surface area contributed by atoms with Gasteiger partial charge in [0, 0.05) is 40.0 Å². The summed E-state index contributed by atoms with van der Waals surface area (Å²) in [5, 5.41) is 218. The number of hydrogen-bond acceptors (Lipinski definition) is 34. The van der Waals surface area contributed by atoms with E-state index in [1.807, 2.05) is 0 Å². The second-order valence-corrected chi connectivity index (χ2v) is 31.4. The number of rotatable bonds is 56. The smallest absolute Gasteiger partial charge is 0.220 e. The molecule has 5 aliphatic heterocycles. The summed E-state index contributed by atoms with van der Waals surface area (Å²) in [6.45, 7) is 0.351. The predicted octanol–water partition coefficient (Wildman–Crippen LogP) is -3.61. The molecule has 28 N–H and O–H groups in total. The molecule has 5 aliphatic rings. The molecular weight excluding hydrogens is 1560 g/mol. The number of nitrogens with one attached hydrogen (secondary N) is 4. The Balaban J connectivity index is 0.0000180. The standard InChI is InChI=1S/C78H138N4O34.2H3N/c1-6-8-10-12-14-16-18-20-21-23-25-27-29-31-33-35-56(95)82-47(48(91)34-32-30-28-26-24-22-19-17-15-13-11-9-7-2)43-107-73-65(101)64(100)67(54(41-86)109-73)111-74-66(102)71(68(55(42-87)110-74)112-72-59(81-46(5)90)63(99)61(97)52(39-84)108-72)116-78(76(105)106)37-50(93)58(80-45(4)89)70(115-78)62(98)53(40-85)113-77(75(103)104)36-49(92)57(79-44(3)88)69(114-77)60(96)51(94)38-83;;/h32,34,47-55,57-74,83-87,91-94,96-102H,6-31,33,35-43H2,1-5H3,(H,79,88)(H,80,89)(H,81,90)(H,82,95)(H,103,104)(H,105,106);2*1H3/b34-32+;;/t47-,48+,49-,50-,51+,52+,53+,54+,55+,57+,58+,59+,60+,61-,62+,63+,64+,65+,66+,67+,68-,69+,70+,71+,72-,73+,74-,77+,78-;;/m0../s1. The third-order valence-corrected chi connectivity index (χ3v) is 22.0. The van der Waals surface area contributed by atoms with Crippen LogP contribution in [0.2, 0.25) is 0 Å². The van der Waals surface area contributed by atoms with E-state index in [0.717, 1.165) is 85.0 Å². The molecule has 29 atom stereocenters. The number of hydrogen-bond donors (Lipinski definition) is 22. The highest BCUT2D eigenvalue weighted by atomic mass is 16.8. The summed E-state index contributed by atoms with van der Waals surface area (Å²) in [6.07, 6.45) is -20.3. The van der Waals surface area contributed by atoms with Gasteiger partial charge in [-0.15, -0.1) is 0 Å². The second-order valence-electron chi connectivity index (χ2n) is 31.4. The molecule has 0 bridgehead atoms. The molecule has 4 amide bonds. The second kappa shape index (κ2) is 55.6. The van der Waals surface area contributed by atoms with E-state index in [4.69, 9.17) is 47.4 Å². The van der Waals surface area contributed by atoms with Crippen molar-refractivity contribution in [2.75, 3.05) is 39.6 Å². The first-order valence-corrected chi connectivity index (χ1v) is 41.7. The lowest BCUT2D eigenvalue weighted by atomic mass is 9.87. The van der Waals surface area contributed by atoms with Crippen LogP contribution in [0.1, 0.15) is 227 Å². The molecule has 0 unspecified atom stereocenters. The van der Waals surface area contributed by atoms with Crippen LogP contribution in [-0.4, -0.2) is 334 Å². The van der Waals surface area contributed by atoms with Gasteiger partial charge in [-0.3, -0.25) is 19.2 Å². The lowest BCUT2D eigenvalue weighted by Gasteiger charge is -2.54. The Morgan fingerprint density at radius 2 is 0.898 bits per heavy atom. The number of allylic oxidation sites excluding steroid dienone is 1. The molecular formula is C78H144N6O34. The SMILES string of the molecule is CCCCCCCCCCCCC/C=C/[C@@H](O)[C@H](CO[C@@H]1O[C@H](CO)[C@@H](O[C@@H]2O[C@H](CO)[C@H](O[C@@H]3O[C@H](CO)[C@H](O)[C@H](O)[C@H]3NC(C)=O)[C@H](O[C@]3(C(=O)[O-])C[C@H](O)[C@@H](NC(C)=O)[C@H]([C@H](O)[C@@H](CO)O[C@]4(C(=O)[O-])C[C@H](O)[C@@H](NC(C)=O)[C@H]([C@H](O)[C@H](O)CO)O4)O3)[C@H]2O)[C@H](O)[C@H]1O)NC(=O)CCCCCCCCCCCCCCCCC.[NH4+].[NH4+]. The molecule has 5 saturated heterocycles. The summed E-state index contributed by atoms with van der Waals surface area (Å²) < 4.78 is 59.5. The van der Waals surface area contributed by atoms with Gasteiger partial charge < -0.3 is 182 Å². The van der Waals surface area contributed by atoms with E-state index in [-0.39, 0.29) is 18.7 Å². The third-order valence-electron chi connectivity index (χ3n) is 22.0. The van der Waals surface area contributed by atoms with Gasteiger partial charge in [-0.1, -0.05) is 180 Å². The number of quaternary nitrogens is 2. The average molecular weight is 1710 g/mol. The molecule has 0 aromatic heterocycles. The highest BCUT2D eigenvalue weighted by Crippen LogP contribution is 2.42. The van der Waals surface area contributed by atoms with Crippen molar-refractivity contribution in [1.82, 2.24) is 33.6 Å². The lowest BCUT2D eigenvalue weighted by molar-refractivity contribution is -0.422. The molecule has 5 fully saturated rings. The Hall–Kier alpha value is -4.56. The van der Waals surface area contributed by atoms with Gasteiger partial charge in [-0.25, -0.2) is 0 Å². The maximum absolute atomic E-state index is 14.1. The number of aliphatic hydroxyl groups is 16. The van der Waals surface area contributed by atoms with E-state index >= 15 is 0 Å². The highest BCUT2D eigenvalue weighted by Gasteiger charge is 2.61. The van der Waals surface area contributed by atoms with Crippen molar-refractivity contribution >= 4 is 35.6 Å². The van der Waals surface area contributed by atoms with Crippen LogP contribution in [-0.2, 0) is 76.1 Å². The summed E-state index contributed by atoms with van der Waals surface area (Å²) in [6, 6.07) is -6.92. The molecule has 40 nitrogen and oxygen atoms in total. The van der Waals surface area contributed by atoms with Crippen LogP contribution in [0.5, 0.6) is 0 Å². The molecule has 0 radical (unpaired) electrons. The molecule has 5 rings (SSSR count). The number of amides is 4. The van der Waals surface area contributed by atoms with Gasteiger partial charge in [-0.2, -0.15) is 0 Å². The quantitative estimate of drug-likeness (QED) is 0.0207. The Kier molecular flexibility index (Phi) is 50.7. The van der Waals surface area contributed by atoms with Crippen LogP contribution < -0.4 is 43.8 Å². The topological polar surface area (TPSA) is 686 Å². The summed E-state index contributed by atoms with van der Waals surface area (Å²) >= 11 is 0. The average Bonchev–Trinajstić information content (AvgIpc) is 0.744. The lowest BCUT2D eigenvalue weighted by Crippen LogP contribution is -2.74. The molecule has 118 heavy (non-hydrogen) atoms. The van der Waals surface area contributed by atoms with Crippen molar-refractivity contribution in [2.45, 2.75) is 404 Å². The van der Waals surface area contributed by atoms with Crippen LogP contribution >= 0.6 is 0 Å². The summed E-state index contributed by atoms with van der Waals surface area (Å²) in [7, 11) is 0. The first-order chi connectivity index (χ1) is 55.3. The number of aliphatic hydroxyl groups excluding tert-OH is 16. The molecule has 0 aliphatic carbocycles. The zero-order valence-corrected chi connectivity index (χ0v) is 69.7. The predicted molar refractivity (Wildman–Crippen MR) is 414 cm³/mol. The van der Waals surface area contributed by atoms with Gasteiger partial charge in [0.1, 0.15) is 122 Å². The largest absolute Gasteiger partial charge is 0.544 e. The minimum Gasteiger partial charge on any atom is -0.544 e. The van der Waals surface area contributed by atoms with E-state index < -0.39 is 265 Å². The van der Waals surface area contributed by atoms with Gasteiger partial charge in [0.05, 0.1) is 76.1 Å². The summed E-state index contributed by atoms with van der Waals surface area (Å²) in [5.74, 6) is -15.4. The first-order valence-electron chi connectivity index (χ1n) is 41.7. The number of aliphatic carboxylic acids is 2. The van der Waals surface area contributed by atoms with Crippen LogP contribution in [0.4, 0.5) is 0 Å². The first kappa shape index (κ1) is 108. The molecule has 0 spiro atoms. The molecule has 40 heteroatoms. The Morgan fingerprint density at radius 1 is 0.475 bits per heavy atom. The number of unbranched alkanes of at least 4 members (excludes halogenated alkanes) is 25. The Labute approximate surface area is 690 Å². The maximum Gasteiger partial charge on any atom is 0.220 e. The van der Waals surface area contributed by atoms with E-state index in [1.165, 1.54) is 102 Å². The normalized spacial score (nSPS) is 32.7. The fourth-order valence-corrected chi connectivity index (χ4v) is 15.4. The van der Waals surface area contributed by atoms with Crippen LogP contribution in [0.15, 0.2) is 12.2 Å². The molecule has 0 aromatic rings. The van der Waals surface area contributed by atoms with Crippen molar-refractivity contribution in [2.24, 2.45) is 0 Å². The number of carboxylic acid groups (broad SMARTS) is 2. The number of carboxylic acids is 2.